The van der Waals surface area contributed by atoms with Crippen molar-refractivity contribution < 1.29 is 24.1 Å². The third-order valence-electron chi connectivity index (χ3n) is 7.06. The molecule has 0 spiro atoms. The topological polar surface area (TPSA) is 65.0 Å². The summed E-state index contributed by atoms with van der Waals surface area (Å²) in [5.74, 6) is 0.626. The molecule has 2 aliphatic heterocycles. The van der Waals surface area contributed by atoms with E-state index in [0.717, 1.165) is 42.9 Å². The largest absolute Gasteiger partial charge is 0.492 e. The van der Waals surface area contributed by atoms with Crippen molar-refractivity contribution in [2.75, 3.05) is 13.2 Å². The fourth-order valence-corrected chi connectivity index (χ4v) is 5.48. The molecule has 0 saturated carbocycles. The average molecular weight is 423 g/mol. The molecule has 1 saturated heterocycles. The summed E-state index contributed by atoms with van der Waals surface area (Å²) in [5.41, 5.74) is 5.05. The third kappa shape index (κ3) is 3.80. The number of rotatable bonds is 5. The van der Waals surface area contributed by atoms with Crippen molar-refractivity contribution >= 4 is 5.97 Å². The molecule has 2 aromatic rings. The quantitative estimate of drug-likeness (QED) is 0.681. The SMILES string of the molecule is CC1(C)CCCOC1c1cccc2c1CC[C@H]2Oc1ccc2c(c1)OC[C@H]2CC(=O)O. The van der Waals surface area contributed by atoms with E-state index in [1.165, 1.54) is 23.1 Å². The number of hydrogen-bond donors (Lipinski definition) is 1. The van der Waals surface area contributed by atoms with Gasteiger partial charge >= 0.3 is 5.97 Å². The second-order valence-corrected chi connectivity index (χ2v) is 9.71. The van der Waals surface area contributed by atoms with Crippen molar-refractivity contribution in [1.29, 1.82) is 0 Å². The van der Waals surface area contributed by atoms with Gasteiger partial charge in [-0.05, 0) is 53.9 Å². The molecule has 0 bridgehead atoms. The van der Waals surface area contributed by atoms with Gasteiger partial charge in [-0.2, -0.15) is 0 Å². The van der Waals surface area contributed by atoms with Crippen LogP contribution in [0.2, 0.25) is 0 Å². The number of aliphatic carboxylic acids is 1. The number of carboxylic acid groups (broad SMARTS) is 1. The van der Waals surface area contributed by atoms with Gasteiger partial charge in [-0.25, -0.2) is 0 Å². The molecule has 0 radical (unpaired) electrons. The van der Waals surface area contributed by atoms with Crippen molar-refractivity contribution in [3.8, 4) is 11.5 Å². The smallest absolute Gasteiger partial charge is 0.304 e. The van der Waals surface area contributed by atoms with Gasteiger partial charge in [0.1, 0.15) is 17.6 Å². The Bertz CT molecular complexity index is 995. The monoisotopic (exact) mass is 422 g/mol. The lowest BCUT2D eigenvalue weighted by atomic mass is 9.76. The minimum Gasteiger partial charge on any atom is -0.492 e. The molecule has 31 heavy (non-hydrogen) atoms. The van der Waals surface area contributed by atoms with Crippen LogP contribution in [0.3, 0.4) is 0 Å². The van der Waals surface area contributed by atoms with Crippen LogP contribution in [0.25, 0.3) is 0 Å². The zero-order valence-corrected chi connectivity index (χ0v) is 18.2. The number of carbonyl (C=O) groups is 1. The fraction of sp³-hybridized carbons (Fsp3) is 0.500. The van der Waals surface area contributed by atoms with Gasteiger partial charge in [0.2, 0.25) is 0 Å². The minimum absolute atomic E-state index is 0.0101. The minimum atomic E-state index is -0.801. The highest BCUT2D eigenvalue weighted by Crippen LogP contribution is 2.48. The normalized spacial score (nSPS) is 26.1. The van der Waals surface area contributed by atoms with E-state index in [1.54, 1.807) is 0 Å². The number of hydrogen-bond acceptors (Lipinski definition) is 4. The van der Waals surface area contributed by atoms with E-state index in [0.29, 0.717) is 6.61 Å². The Morgan fingerprint density at radius 1 is 1.19 bits per heavy atom. The van der Waals surface area contributed by atoms with E-state index in [-0.39, 0.29) is 30.0 Å². The molecule has 1 fully saturated rings. The van der Waals surface area contributed by atoms with Crippen molar-refractivity contribution in [2.45, 2.75) is 64.1 Å². The average Bonchev–Trinajstić information content (AvgIpc) is 3.32. The van der Waals surface area contributed by atoms with Crippen molar-refractivity contribution in [1.82, 2.24) is 0 Å². The van der Waals surface area contributed by atoms with E-state index in [1.807, 2.05) is 18.2 Å². The summed E-state index contributed by atoms with van der Waals surface area (Å²) >= 11 is 0. The van der Waals surface area contributed by atoms with Crippen LogP contribution < -0.4 is 9.47 Å². The number of benzene rings is 2. The Morgan fingerprint density at radius 2 is 2.03 bits per heavy atom. The maximum atomic E-state index is 11.1. The molecule has 5 rings (SSSR count). The first-order valence-electron chi connectivity index (χ1n) is 11.3. The summed E-state index contributed by atoms with van der Waals surface area (Å²) in [6, 6.07) is 12.3. The lowest BCUT2D eigenvalue weighted by Gasteiger charge is -2.39. The fourth-order valence-electron chi connectivity index (χ4n) is 5.48. The van der Waals surface area contributed by atoms with Crippen molar-refractivity contribution in [3.05, 3.63) is 58.7 Å². The highest BCUT2D eigenvalue weighted by Gasteiger charge is 2.38. The summed E-state index contributed by atoms with van der Waals surface area (Å²) in [5, 5.41) is 9.10. The van der Waals surface area contributed by atoms with E-state index < -0.39 is 5.97 Å². The zero-order valence-electron chi connectivity index (χ0n) is 18.2. The lowest BCUT2D eigenvalue weighted by Crippen LogP contribution is -2.30. The molecule has 164 valence electrons. The van der Waals surface area contributed by atoms with Crippen molar-refractivity contribution in [3.63, 3.8) is 0 Å². The van der Waals surface area contributed by atoms with E-state index in [4.69, 9.17) is 19.3 Å². The van der Waals surface area contributed by atoms with Gasteiger partial charge in [-0.15, -0.1) is 0 Å². The van der Waals surface area contributed by atoms with Gasteiger partial charge in [-0.3, -0.25) is 4.79 Å². The van der Waals surface area contributed by atoms with Crippen LogP contribution in [0.4, 0.5) is 0 Å². The molecule has 1 unspecified atom stereocenters. The first kappa shape index (κ1) is 20.4. The van der Waals surface area contributed by atoms with Crippen LogP contribution in [-0.4, -0.2) is 24.3 Å². The lowest BCUT2D eigenvalue weighted by molar-refractivity contribution is -0.137. The molecular formula is C26H30O5. The molecule has 3 aliphatic rings. The van der Waals surface area contributed by atoms with Crippen LogP contribution in [0.15, 0.2) is 36.4 Å². The van der Waals surface area contributed by atoms with Gasteiger partial charge in [0, 0.05) is 24.2 Å². The molecule has 3 atom stereocenters. The van der Waals surface area contributed by atoms with Crippen LogP contribution in [0.5, 0.6) is 11.5 Å². The highest BCUT2D eigenvalue weighted by molar-refractivity contribution is 5.68. The molecule has 1 aliphatic carbocycles. The van der Waals surface area contributed by atoms with Gasteiger partial charge in [0.25, 0.3) is 0 Å². The van der Waals surface area contributed by atoms with Gasteiger partial charge in [0.15, 0.2) is 0 Å². The standard InChI is InChI=1S/C26H30O5/c1-26(2)11-4-12-29-25(26)21-6-3-5-20-19(21)9-10-22(20)31-17-7-8-18-16(13-24(27)28)15-30-23(18)14-17/h3,5-8,14,16,22,25H,4,9-13,15H2,1-2H3,(H,27,28)/t16-,22-,25?/m1/s1. The Hall–Kier alpha value is -2.53. The predicted octanol–water partition coefficient (Wildman–Crippen LogP) is 5.58. The number of carboxylic acids is 1. The summed E-state index contributed by atoms with van der Waals surface area (Å²) in [6.45, 7) is 5.86. The maximum Gasteiger partial charge on any atom is 0.304 e. The predicted molar refractivity (Wildman–Crippen MR) is 117 cm³/mol. The molecular weight excluding hydrogens is 392 g/mol. The van der Waals surface area contributed by atoms with Gasteiger partial charge < -0.3 is 19.3 Å². The number of fused-ring (bicyclic) bond motifs is 2. The Balaban J connectivity index is 1.37. The second-order valence-electron chi connectivity index (χ2n) is 9.71. The summed E-state index contributed by atoms with van der Waals surface area (Å²) in [6.07, 6.45) is 4.47. The summed E-state index contributed by atoms with van der Waals surface area (Å²) in [7, 11) is 0. The summed E-state index contributed by atoms with van der Waals surface area (Å²) < 4.78 is 18.4. The van der Waals surface area contributed by atoms with Crippen LogP contribution >= 0.6 is 0 Å². The molecule has 5 heteroatoms. The molecule has 2 heterocycles. The maximum absolute atomic E-state index is 11.1. The highest BCUT2D eigenvalue weighted by atomic mass is 16.5. The second kappa shape index (κ2) is 7.86. The van der Waals surface area contributed by atoms with E-state index in [2.05, 4.69) is 32.0 Å². The Labute approximate surface area is 183 Å². The third-order valence-corrected chi connectivity index (χ3v) is 7.06. The zero-order chi connectivity index (χ0) is 21.6. The number of ether oxygens (including phenoxy) is 3. The molecule has 1 N–H and O–H groups in total. The van der Waals surface area contributed by atoms with Crippen LogP contribution in [0, 0.1) is 5.41 Å². The first-order chi connectivity index (χ1) is 14.9. The van der Waals surface area contributed by atoms with E-state index >= 15 is 0 Å². The first-order valence-corrected chi connectivity index (χ1v) is 11.3. The van der Waals surface area contributed by atoms with E-state index in [9.17, 15) is 4.79 Å². The van der Waals surface area contributed by atoms with Gasteiger partial charge in [0.05, 0.1) is 19.1 Å². The van der Waals surface area contributed by atoms with Crippen LogP contribution in [0.1, 0.15) is 79.9 Å². The molecule has 2 aromatic carbocycles. The molecule has 5 nitrogen and oxygen atoms in total. The Morgan fingerprint density at radius 3 is 2.84 bits per heavy atom. The van der Waals surface area contributed by atoms with Crippen LogP contribution in [-0.2, 0) is 16.0 Å². The molecule has 0 amide bonds. The van der Waals surface area contributed by atoms with Gasteiger partial charge in [-0.1, -0.05) is 38.1 Å². The summed E-state index contributed by atoms with van der Waals surface area (Å²) in [4.78, 5) is 11.1. The Kier molecular flexibility index (Phi) is 5.17. The molecule has 0 aromatic heterocycles. The van der Waals surface area contributed by atoms with Crippen molar-refractivity contribution in [2.24, 2.45) is 5.41 Å².